The number of hydrogen-bond donors (Lipinski definition) is 1. The molecule has 0 bridgehead atoms. The lowest BCUT2D eigenvalue weighted by atomic mass is 9.77. The van der Waals surface area contributed by atoms with Gasteiger partial charge in [-0.3, -0.25) is 4.79 Å². The molecule has 0 saturated heterocycles. The fourth-order valence-electron chi connectivity index (χ4n) is 4.74. The Morgan fingerprint density at radius 2 is 1.54 bits per heavy atom. The van der Waals surface area contributed by atoms with Crippen LogP contribution in [0, 0.1) is 17.0 Å². The summed E-state index contributed by atoms with van der Waals surface area (Å²) >= 11 is 0. The molecular formula is C31H50F2N2O2. The molecule has 0 fully saturated rings. The van der Waals surface area contributed by atoms with Gasteiger partial charge >= 0.3 is 0 Å². The molecule has 1 aromatic carbocycles. The molecule has 1 unspecified atom stereocenters. The zero-order chi connectivity index (χ0) is 28.2. The second-order valence-electron chi connectivity index (χ2n) is 10.6. The summed E-state index contributed by atoms with van der Waals surface area (Å²) in [7, 11) is 1.54. The molecule has 1 amide bonds. The highest BCUT2D eigenvalue weighted by molar-refractivity contribution is 5.98. The van der Waals surface area contributed by atoms with Crippen LogP contribution in [0.25, 0.3) is 0 Å². The summed E-state index contributed by atoms with van der Waals surface area (Å²) in [5.74, 6) is -2.18. The van der Waals surface area contributed by atoms with Crippen molar-refractivity contribution in [2.75, 3.05) is 26.7 Å². The maximum atomic E-state index is 15.0. The Labute approximate surface area is 224 Å². The molecule has 6 heteroatoms. The standard InChI is InChI=1S/C31H50F2N2O2/c1-9-13-18-31(7,12-4)29(36)26(23(5)6)30(37)34(8)22-25-17-16-24(27(32)28(25)33)15-14-21-35(19-10-2)20-11-3/h16-17,36H,5,9-15,18-22H2,1-4,6-8H3/b29-26+. The van der Waals surface area contributed by atoms with Crippen molar-refractivity contribution in [1.29, 1.82) is 0 Å². The lowest BCUT2D eigenvalue weighted by Gasteiger charge is -2.31. The van der Waals surface area contributed by atoms with E-state index < -0.39 is 23.0 Å². The second kappa shape index (κ2) is 15.9. The molecule has 1 aromatic rings. The molecule has 1 rings (SSSR count). The van der Waals surface area contributed by atoms with Crippen LogP contribution in [-0.4, -0.2) is 47.5 Å². The molecule has 0 aliphatic rings. The van der Waals surface area contributed by atoms with Gasteiger partial charge in [0.2, 0.25) is 0 Å². The summed E-state index contributed by atoms with van der Waals surface area (Å²) in [6, 6.07) is 3.19. The van der Waals surface area contributed by atoms with Crippen LogP contribution in [0.4, 0.5) is 8.78 Å². The minimum atomic E-state index is -0.914. The number of aryl methyl sites for hydroxylation is 1. The Kier molecular flexibility index (Phi) is 14.1. The quantitative estimate of drug-likeness (QED) is 0.129. The van der Waals surface area contributed by atoms with Crippen LogP contribution in [0.3, 0.4) is 0 Å². The van der Waals surface area contributed by atoms with Crippen LogP contribution < -0.4 is 0 Å². The van der Waals surface area contributed by atoms with Crippen LogP contribution in [0.15, 0.2) is 35.6 Å². The number of likely N-dealkylation sites (N-methyl/N-ethyl adjacent to an activating group) is 1. The lowest BCUT2D eigenvalue weighted by molar-refractivity contribution is -0.126. The number of unbranched alkanes of at least 4 members (excludes halogenated alkanes) is 1. The first-order valence-corrected chi connectivity index (χ1v) is 14.0. The summed E-state index contributed by atoms with van der Waals surface area (Å²) in [6.45, 7) is 18.7. The molecule has 0 aliphatic heterocycles. The molecular weight excluding hydrogens is 470 g/mol. The zero-order valence-electron chi connectivity index (χ0n) is 24.4. The topological polar surface area (TPSA) is 43.8 Å². The van der Waals surface area contributed by atoms with E-state index in [0.29, 0.717) is 24.0 Å². The summed E-state index contributed by atoms with van der Waals surface area (Å²) in [5, 5.41) is 11.2. The summed E-state index contributed by atoms with van der Waals surface area (Å²) in [6.07, 6.45) is 6.68. The SMILES string of the molecule is C=C(C)/C(C(=O)N(C)Cc1ccc(CCCN(CCC)CCC)c(F)c1F)=C(\O)C(C)(CC)CCCC. The number of aliphatic hydroxyl groups is 1. The van der Waals surface area contributed by atoms with Gasteiger partial charge in [0.05, 0.1) is 5.57 Å². The minimum Gasteiger partial charge on any atom is -0.511 e. The van der Waals surface area contributed by atoms with Gasteiger partial charge < -0.3 is 14.9 Å². The van der Waals surface area contributed by atoms with Crippen molar-refractivity contribution in [3.05, 3.63) is 58.4 Å². The van der Waals surface area contributed by atoms with E-state index >= 15 is 4.39 Å². The fourth-order valence-corrected chi connectivity index (χ4v) is 4.74. The Bertz CT molecular complexity index is 922. The highest BCUT2D eigenvalue weighted by Crippen LogP contribution is 2.38. The maximum absolute atomic E-state index is 15.0. The average molecular weight is 521 g/mol. The van der Waals surface area contributed by atoms with Crippen LogP contribution in [-0.2, 0) is 17.8 Å². The van der Waals surface area contributed by atoms with Gasteiger partial charge in [0, 0.05) is 24.6 Å². The number of amides is 1. The molecule has 0 heterocycles. The Morgan fingerprint density at radius 1 is 0.973 bits per heavy atom. The highest BCUT2D eigenvalue weighted by atomic mass is 19.2. The predicted molar refractivity (Wildman–Crippen MR) is 151 cm³/mol. The number of rotatable bonds is 17. The molecule has 0 aromatic heterocycles. The molecule has 1 atom stereocenters. The van der Waals surface area contributed by atoms with Crippen molar-refractivity contribution in [1.82, 2.24) is 9.80 Å². The van der Waals surface area contributed by atoms with E-state index in [1.807, 2.05) is 13.8 Å². The summed E-state index contributed by atoms with van der Waals surface area (Å²) < 4.78 is 29.9. The van der Waals surface area contributed by atoms with Crippen LogP contribution in [0.1, 0.15) is 97.6 Å². The van der Waals surface area contributed by atoms with Gasteiger partial charge in [0.1, 0.15) is 5.76 Å². The van der Waals surface area contributed by atoms with Crippen molar-refractivity contribution in [3.63, 3.8) is 0 Å². The molecule has 37 heavy (non-hydrogen) atoms. The van der Waals surface area contributed by atoms with E-state index in [4.69, 9.17) is 0 Å². The number of allylic oxidation sites excluding steroid dienone is 1. The molecule has 0 spiro atoms. The van der Waals surface area contributed by atoms with Crippen molar-refractivity contribution < 1.29 is 18.7 Å². The third kappa shape index (κ3) is 9.24. The number of carbonyl (C=O) groups is 1. The second-order valence-corrected chi connectivity index (χ2v) is 10.6. The number of carbonyl (C=O) groups excluding carboxylic acids is 1. The monoisotopic (exact) mass is 520 g/mol. The highest BCUT2D eigenvalue weighted by Gasteiger charge is 2.33. The third-order valence-electron chi connectivity index (χ3n) is 7.31. The van der Waals surface area contributed by atoms with E-state index in [1.165, 1.54) is 11.9 Å². The predicted octanol–water partition coefficient (Wildman–Crippen LogP) is 7.97. The molecule has 0 aliphatic carbocycles. The van der Waals surface area contributed by atoms with Crippen molar-refractivity contribution in [2.24, 2.45) is 5.41 Å². The fraction of sp³-hybridized carbons (Fsp3) is 0.645. The third-order valence-corrected chi connectivity index (χ3v) is 7.31. The molecule has 1 N–H and O–H groups in total. The average Bonchev–Trinajstić information content (AvgIpc) is 2.86. The van der Waals surface area contributed by atoms with Crippen LogP contribution in [0.5, 0.6) is 0 Å². The first-order chi connectivity index (χ1) is 17.5. The Hall–Kier alpha value is -2.21. The van der Waals surface area contributed by atoms with Crippen LogP contribution in [0.2, 0.25) is 0 Å². The number of hydrogen-bond acceptors (Lipinski definition) is 3. The Morgan fingerprint density at radius 3 is 2.05 bits per heavy atom. The lowest BCUT2D eigenvalue weighted by Crippen LogP contribution is -2.32. The number of aliphatic hydroxyl groups excluding tert-OH is 1. The van der Waals surface area contributed by atoms with E-state index in [-0.39, 0.29) is 23.4 Å². The first-order valence-electron chi connectivity index (χ1n) is 14.0. The molecule has 4 nitrogen and oxygen atoms in total. The Balaban J connectivity index is 3.06. The van der Waals surface area contributed by atoms with Crippen LogP contribution >= 0.6 is 0 Å². The smallest absolute Gasteiger partial charge is 0.257 e. The van der Waals surface area contributed by atoms with E-state index in [0.717, 1.165) is 58.2 Å². The molecule has 210 valence electrons. The van der Waals surface area contributed by atoms with Gasteiger partial charge in [0.15, 0.2) is 11.6 Å². The van der Waals surface area contributed by atoms with Gasteiger partial charge in [-0.15, -0.1) is 0 Å². The van der Waals surface area contributed by atoms with Gasteiger partial charge in [-0.05, 0) is 76.2 Å². The normalized spacial score (nSPS) is 13.9. The largest absolute Gasteiger partial charge is 0.511 e. The number of halogens is 2. The van der Waals surface area contributed by atoms with E-state index in [1.54, 1.807) is 19.1 Å². The summed E-state index contributed by atoms with van der Waals surface area (Å²) in [4.78, 5) is 17.0. The minimum absolute atomic E-state index is 0.0231. The van der Waals surface area contributed by atoms with Crippen molar-refractivity contribution in [3.8, 4) is 0 Å². The molecule has 0 saturated carbocycles. The van der Waals surface area contributed by atoms with E-state index in [2.05, 4.69) is 32.3 Å². The first kappa shape index (κ1) is 32.8. The van der Waals surface area contributed by atoms with E-state index in [9.17, 15) is 14.3 Å². The molecule has 0 radical (unpaired) electrons. The number of nitrogens with zero attached hydrogens (tertiary/aromatic N) is 2. The van der Waals surface area contributed by atoms with Crippen molar-refractivity contribution >= 4 is 5.91 Å². The van der Waals surface area contributed by atoms with Gasteiger partial charge in [0.25, 0.3) is 5.91 Å². The van der Waals surface area contributed by atoms with Crippen molar-refractivity contribution in [2.45, 2.75) is 99.5 Å². The van der Waals surface area contributed by atoms with Gasteiger partial charge in [-0.2, -0.15) is 0 Å². The zero-order valence-corrected chi connectivity index (χ0v) is 24.4. The van der Waals surface area contributed by atoms with Gasteiger partial charge in [-0.25, -0.2) is 8.78 Å². The maximum Gasteiger partial charge on any atom is 0.257 e. The number of benzene rings is 1. The summed E-state index contributed by atoms with van der Waals surface area (Å²) in [5.41, 5.74) is 0.527. The van der Waals surface area contributed by atoms with Gasteiger partial charge in [-0.1, -0.05) is 66.2 Å².